The van der Waals surface area contributed by atoms with Crippen LogP contribution in [0.1, 0.15) is 18.1 Å². The summed E-state index contributed by atoms with van der Waals surface area (Å²) in [4.78, 5) is 9.75. The molecule has 0 amide bonds. The van der Waals surface area contributed by atoms with Gasteiger partial charge in [0, 0.05) is 6.07 Å². The molecule has 2 atom stereocenters. The zero-order valence-corrected chi connectivity index (χ0v) is 9.68. The summed E-state index contributed by atoms with van der Waals surface area (Å²) in [6.07, 6.45) is -2.29. The normalized spacial score (nSPS) is 14.4. The molecule has 0 aromatic heterocycles. The summed E-state index contributed by atoms with van der Waals surface area (Å²) < 4.78 is 13.1. The van der Waals surface area contributed by atoms with E-state index in [1.807, 2.05) is 0 Å². The Hall–Kier alpha value is -1.18. The van der Waals surface area contributed by atoms with Crippen molar-refractivity contribution >= 4 is 18.3 Å². The van der Waals surface area contributed by atoms with Gasteiger partial charge in [-0.05, 0) is 23.8 Å². The van der Waals surface area contributed by atoms with Gasteiger partial charge in [-0.1, -0.05) is 0 Å². The Kier molecular flexibility index (Phi) is 4.86. The Balaban J connectivity index is 3.01. The highest BCUT2D eigenvalue weighted by molar-refractivity contribution is 7.80. The number of nitro groups is 1. The molecule has 2 unspecified atom stereocenters. The van der Waals surface area contributed by atoms with Crippen molar-refractivity contribution < 1.29 is 19.5 Å². The number of aliphatic hydroxyl groups excluding tert-OH is 2. The van der Waals surface area contributed by atoms with Crippen molar-refractivity contribution in [1.29, 1.82) is 0 Å². The Bertz CT molecular complexity index is 415. The summed E-state index contributed by atoms with van der Waals surface area (Å²) in [6, 6.07) is 2.75. The molecule has 0 saturated carbocycles. The second kappa shape index (κ2) is 5.95. The number of aliphatic hydroxyl groups is 2. The van der Waals surface area contributed by atoms with E-state index in [0.717, 1.165) is 18.2 Å². The molecular formula is C10H12FNO4S. The van der Waals surface area contributed by atoms with Crippen molar-refractivity contribution in [3.8, 4) is 0 Å². The molecule has 0 spiro atoms. The van der Waals surface area contributed by atoms with E-state index in [1.165, 1.54) is 0 Å². The summed E-state index contributed by atoms with van der Waals surface area (Å²) >= 11 is 3.89. The van der Waals surface area contributed by atoms with Crippen LogP contribution in [0.3, 0.4) is 0 Å². The Morgan fingerprint density at radius 1 is 1.41 bits per heavy atom. The van der Waals surface area contributed by atoms with Crippen LogP contribution < -0.4 is 0 Å². The van der Waals surface area contributed by atoms with Crippen LogP contribution in [0.25, 0.3) is 0 Å². The van der Waals surface area contributed by atoms with E-state index in [0.29, 0.717) is 5.75 Å². The molecule has 0 aliphatic rings. The first-order valence-corrected chi connectivity index (χ1v) is 5.51. The fourth-order valence-corrected chi connectivity index (χ4v) is 1.65. The zero-order valence-electron chi connectivity index (χ0n) is 8.78. The summed E-state index contributed by atoms with van der Waals surface area (Å²) in [5.74, 6) is -0.485. The van der Waals surface area contributed by atoms with Gasteiger partial charge >= 0.3 is 0 Å². The third kappa shape index (κ3) is 3.65. The lowest BCUT2D eigenvalue weighted by molar-refractivity contribution is -0.385. The highest BCUT2D eigenvalue weighted by Crippen LogP contribution is 2.24. The van der Waals surface area contributed by atoms with Gasteiger partial charge in [-0.2, -0.15) is 12.6 Å². The maximum absolute atomic E-state index is 13.1. The van der Waals surface area contributed by atoms with Crippen LogP contribution in [0.2, 0.25) is 0 Å². The fourth-order valence-electron chi connectivity index (χ4n) is 1.38. The van der Waals surface area contributed by atoms with Gasteiger partial charge in [-0.25, -0.2) is 4.39 Å². The fraction of sp³-hybridized carbons (Fsp3) is 0.400. The van der Waals surface area contributed by atoms with E-state index in [4.69, 9.17) is 0 Å². The maximum Gasteiger partial charge on any atom is 0.272 e. The minimum atomic E-state index is -1.36. The van der Waals surface area contributed by atoms with Crippen LogP contribution in [0.4, 0.5) is 10.1 Å². The molecule has 0 saturated heterocycles. The molecule has 0 heterocycles. The number of benzene rings is 1. The van der Waals surface area contributed by atoms with Crippen molar-refractivity contribution in [1.82, 2.24) is 0 Å². The van der Waals surface area contributed by atoms with Crippen molar-refractivity contribution in [2.45, 2.75) is 18.6 Å². The summed E-state index contributed by atoms with van der Waals surface area (Å²) in [7, 11) is 0. The molecule has 0 aliphatic carbocycles. The maximum atomic E-state index is 13.1. The Labute approximate surface area is 102 Å². The number of rotatable bonds is 5. The van der Waals surface area contributed by atoms with Crippen molar-refractivity contribution in [3.05, 3.63) is 39.7 Å². The lowest BCUT2D eigenvalue weighted by atomic mass is 10.0. The molecule has 1 rings (SSSR count). The van der Waals surface area contributed by atoms with E-state index in [-0.39, 0.29) is 12.0 Å². The second-order valence-electron chi connectivity index (χ2n) is 3.52. The first kappa shape index (κ1) is 13.9. The number of hydrogen-bond donors (Lipinski definition) is 3. The minimum Gasteiger partial charge on any atom is -0.390 e. The standard InChI is InChI=1S/C10H12FNO4S/c11-7-3-6(4-8(5-7)12(15)16)10(14)9(13)1-2-17/h3-5,9-10,13-14,17H,1-2H2. The smallest absolute Gasteiger partial charge is 0.272 e. The lowest BCUT2D eigenvalue weighted by Gasteiger charge is -2.17. The van der Waals surface area contributed by atoms with Crippen LogP contribution in [0, 0.1) is 15.9 Å². The Morgan fingerprint density at radius 3 is 2.59 bits per heavy atom. The van der Waals surface area contributed by atoms with Gasteiger partial charge in [-0.3, -0.25) is 10.1 Å². The van der Waals surface area contributed by atoms with Crippen molar-refractivity contribution in [3.63, 3.8) is 0 Å². The SMILES string of the molecule is O=[N+]([O-])c1cc(F)cc(C(O)C(O)CCS)c1. The first-order valence-electron chi connectivity index (χ1n) is 4.87. The summed E-state index contributed by atoms with van der Waals surface area (Å²) in [5.41, 5.74) is -0.483. The highest BCUT2D eigenvalue weighted by Gasteiger charge is 2.21. The molecule has 5 nitrogen and oxygen atoms in total. The largest absolute Gasteiger partial charge is 0.390 e. The molecule has 0 fully saturated rings. The van der Waals surface area contributed by atoms with Gasteiger partial charge in [0.05, 0.1) is 17.1 Å². The van der Waals surface area contributed by atoms with Gasteiger partial charge < -0.3 is 10.2 Å². The van der Waals surface area contributed by atoms with Crippen LogP contribution >= 0.6 is 12.6 Å². The quantitative estimate of drug-likeness (QED) is 0.425. The molecule has 1 aromatic carbocycles. The zero-order chi connectivity index (χ0) is 13.0. The molecule has 0 bridgehead atoms. The molecule has 1 aromatic rings. The molecule has 2 N–H and O–H groups in total. The van der Waals surface area contributed by atoms with Crippen LogP contribution in [0.5, 0.6) is 0 Å². The van der Waals surface area contributed by atoms with Gasteiger partial charge in [0.1, 0.15) is 11.9 Å². The predicted octanol–water partition coefficient (Wildman–Crippen LogP) is 1.45. The van der Waals surface area contributed by atoms with Gasteiger partial charge in [-0.15, -0.1) is 0 Å². The van der Waals surface area contributed by atoms with E-state index in [1.54, 1.807) is 0 Å². The van der Waals surface area contributed by atoms with Gasteiger partial charge in [0.15, 0.2) is 0 Å². The first-order chi connectivity index (χ1) is 7.95. The van der Waals surface area contributed by atoms with E-state index >= 15 is 0 Å². The average Bonchev–Trinajstić information content (AvgIpc) is 2.27. The van der Waals surface area contributed by atoms with Gasteiger partial charge in [0.25, 0.3) is 5.69 Å². The lowest BCUT2D eigenvalue weighted by Crippen LogP contribution is -2.19. The number of hydrogen-bond acceptors (Lipinski definition) is 5. The second-order valence-corrected chi connectivity index (χ2v) is 3.97. The number of thiol groups is 1. The third-order valence-corrected chi connectivity index (χ3v) is 2.50. The van der Waals surface area contributed by atoms with Crippen LogP contribution in [-0.4, -0.2) is 27.0 Å². The summed E-state index contributed by atoms with van der Waals surface area (Å²) in [6.45, 7) is 0. The number of nitro benzene ring substituents is 1. The van der Waals surface area contributed by atoms with E-state index in [2.05, 4.69) is 12.6 Å². The van der Waals surface area contributed by atoms with Gasteiger partial charge in [0.2, 0.25) is 0 Å². The third-order valence-electron chi connectivity index (χ3n) is 2.25. The number of halogens is 1. The number of nitrogens with zero attached hydrogens (tertiary/aromatic N) is 1. The summed E-state index contributed by atoms with van der Waals surface area (Å²) in [5, 5.41) is 29.7. The predicted molar refractivity (Wildman–Crippen MR) is 62.5 cm³/mol. The van der Waals surface area contributed by atoms with E-state index < -0.39 is 28.6 Å². The van der Waals surface area contributed by atoms with Crippen LogP contribution in [0.15, 0.2) is 18.2 Å². The molecular weight excluding hydrogens is 249 g/mol. The van der Waals surface area contributed by atoms with E-state index in [9.17, 15) is 24.7 Å². The average molecular weight is 261 g/mol. The molecule has 0 radical (unpaired) electrons. The molecule has 17 heavy (non-hydrogen) atoms. The molecule has 0 aliphatic heterocycles. The Morgan fingerprint density at radius 2 is 2.06 bits per heavy atom. The van der Waals surface area contributed by atoms with Crippen LogP contribution in [-0.2, 0) is 0 Å². The topological polar surface area (TPSA) is 83.6 Å². The molecule has 7 heteroatoms. The highest BCUT2D eigenvalue weighted by atomic mass is 32.1. The molecule has 94 valence electrons. The van der Waals surface area contributed by atoms with Crippen molar-refractivity contribution in [2.24, 2.45) is 0 Å². The monoisotopic (exact) mass is 261 g/mol. The number of non-ortho nitro benzene ring substituents is 1. The minimum absolute atomic E-state index is 0.0222. The van der Waals surface area contributed by atoms with Crippen molar-refractivity contribution in [2.75, 3.05) is 5.75 Å².